The first kappa shape index (κ1) is 24.5. The van der Waals surface area contributed by atoms with Gasteiger partial charge in [-0.05, 0) is 54.1 Å². The fourth-order valence-electron chi connectivity index (χ4n) is 3.22. The molecule has 0 bridgehead atoms. The monoisotopic (exact) mass is 514 g/mol. The van der Waals surface area contributed by atoms with Gasteiger partial charge < -0.3 is 10.1 Å². The summed E-state index contributed by atoms with van der Waals surface area (Å²) in [7, 11) is 0. The average Bonchev–Trinajstić information content (AvgIpc) is 3.10. The van der Waals surface area contributed by atoms with E-state index in [-0.39, 0.29) is 27.4 Å². The Bertz CT molecular complexity index is 1310. The fraction of sp³-hybridized carbons (Fsp3) is 0.0800. The van der Waals surface area contributed by atoms with E-state index >= 15 is 0 Å². The van der Waals surface area contributed by atoms with E-state index in [1.54, 1.807) is 54.6 Å². The van der Waals surface area contributed by atoms with E-state index in [9.17, 15) is 22.8 Å². The van der Waals surface area contributed by atoms with Crippen LogP contribution in [0.25, 0.3) is 6.08 Å². The first-order chi connectivity index (χ1) is 16.7. The number of nitrogens with one attached hydrogen (secondary N) is 1. The van der Waals surface area contributed by atoms with Crippen molar-refractivity contribution in [3.63, 3.8) is 0 Å². The molecule has 3 aromatic carbocycles. The number of thioether (sulfide) groups is 1. The molecule has 5 nitrogen and oxygen atoms in total. The number of para-hydroxylation sites is 1. The molecule has 1 heterocycles. The number of ether oxygens (including phenoxy) is 1. The summed E-state index contributed by atoms with van der Waals surface area (Å²) in [5.74, 6) is -0.438. The van der Waals surface area contributed by atoms with E-state index < -0.39 is 17.6 Å². The molecule has 3 aromatic rings. The van der Waals surface area contributed by atoms with E-state index in [2.05, 4.69) is 5.32 Å². The summed E-state index contributed by atoms with van der Waals surface area (Å²) in [4.78, 5) is 26.4. The molecule has 0 aromatic heterocycles. The van der Waals surface area contributed by atoms with Gasteiger partial charge in [-0.3, -0.25) is 14.5 Å². The Kier molecular flexibility index (Phi) is 7.23. The highest BCUT2D eigenvalue weighted by molar-refractivity contribution is 8.27. The van der Waals surface area contributed by atoms with Crippen molar-refractivity contribution in [3.05, 3.63) is 94.9 Å². The number of carbonyl (C=O) groups is 2. The van der Waals surface area contributed by atoms with Crippen LogP contribution in [0.4, 0.5) is 24.5 Å². The maximum atomic E-state index is 13.1. The number of anilines is 2. The van der Waals surface area contributed by atoms with Crippen LogP contribution in [0.15, 0.2) is 83.8 Å². The van der Waals surface area contributed by atoms with Gasteiger partial charge in [-0.15, -0.1) is 0 Å². The summed E-state index contributed by atoms with van der Waals surface area (Å²) >= 11 is 6.25. The third-order valence-corrected chi connectivity index (χ3v) is 6.11. The van der Waals surface area contributed by atoms with Crippen molar-refractivity contribution in [1.82, 2.24) is 0 Å². The fourth-order valence-corrected chi connectivity index (χ4v) is 4.52. The van der Waals surface area contributed by atoms with Crippen molar-refractivity contribution < 1.29 is 27.5 Å². The molecule has 0 unspecified atom stereocenters. The molecule has 1 N–H and O–H groups in total. The number of hydrogen-bond donors (Lipinski definition) is 1. The summed E-state index contributed by atoms with van der Waals surface area (Å²) in [6.07, 6.45) is -2.96. The number of amides is 2. The highest BCUT2D eigenvalue weighted by Gasteiger charge is 2.36. The Balaban J connectivity index is 1.45. The van der Waals surface area contributed by atoms with Crippen molar-refractivity contribution in [1.29, 1.82) is 0 Å². The lowest BCUT2D eigenvalue weighted by molar-refractivity contribution is -0.137. The Morgan fingerprint density at radius 2 is 1.77 bits per heavy atom. The van der Waals surface area contributed by atoms with Gasteiger partial charge in [0.2, 0.25) is 0 Å². The molecule has 0 atom stereocenters. The zero-order valence-corrected chi connectivity index (χ0v) is 19.5. The standard InChI is InChI=1S/C25H17F3N2O3S2/c26-25(27,28)17-7-5-10-19(14-17)30-23(32)21(35-24(30)34)13-16-6-4-11-20(12-16)33-15-22(31)29-18-8-2-1-3-9-18/h1-14H,15H2,(H,29,31)/b21-13-. The molecule has 1 aliphatic heterocycles. The molecule has 1 saturated heterocycles. The molecule has 178 valence electrons. The molecular formula is C25H17F3N2O3S2. The van der Waals surface area contributed by atoms with Gasteiger partial charge in [0.05, 0.1) is 16.2 Å². The van der Waals surface area contributed by atoms with E-state index in [1.165, 1.54) is 12.1 Å². The molecule has 0 aliphatic carbocycles. The molecule has 10 heteroatoms. The summed E-state index contributed by atoms with van der Waals surface area (Å²) in [5, 5.41) is 2.72. The summed E-state index contributed by atoms with van der Waals surface area (Å²) in [5.41, 5.74) is 0.439. The third-order valence-electron chi connectivity index (χ3n) is 4.81. The second-order valence-electron chi connectivity index (χ2n) is 7.34. The first-order valence-electron chi connectivity index (χ1n) is 10.2. The van der Waals surface area contributed by atoms with Crippen molar-refractivity contribution in [3.8, 4) is 5.75 Å². The maximum Gasteiger partial charge on any atom is 0.416 e. The largest absolute Gasteiger partial charge is 0.484 e. The van der Waals surface area contributed by atoms with Gasteiger partial charge >= 0.3 is 6.18 Å². The number of halogens is 3. The number of hydrogen-bond acceptors (Lipinski definition) is 5. The van der Waals surface area contributed by atoms with Crippen molar-refractivity contribution in [2.24, 2.45) is 0 Å². The van der Waals surface area contributed by atoms with Crippen LogP contribution in [-0.4, -0.2) is 22.7 Å². The van der Waals surface area contributed by atoms with Crippen LogP contribution in [0, 0.1) is 0 Å². The predicted molar refractivity (Wildman–Crippen MR) is 134 cm³/mol. The highest BCUT2D eigenvalue weighted by atomic mass is 32.2. The second-order valence-corrected chi connectivity index (χ2v) is 9.02. The number of alkyl halides is 3. The molecule has 0 radical (unpaired) electrons. The molecule has 1 fully saturated rings. The lowest BCUT2D eigenvalue weighted by Crippen LogP contribution is -2.27. The van der Waals surface area contributed by atoms with Crippen LogP contribution in [0.2, 0.25) is 0 Å². The van der Waals surface area contributed by atoms with Crippen LogP contribution < -0.4 is 15.0 Å². The number of thiocarbonyl (C=S) groups is 1. The molecule has 35 heavy (non-hydrogen) atoms. The third kappa shape index (κ3) is 6.09. The minimum atomic E-state index is -4.54. The topological polar surface area (TPSA) is 58.6 Å². The first-order valence-corrected chi connectivity index (χ1v) is 11.5. The minimum absolute atomic E-state index is 0.0484. The van der Waals surface area contributed by atoms with Gasteiger partial charge in [0.1, 0.15) is 5.75 Å². The van der Waals surface area contributed by atoms with Crippen molar-refractivity contribution in [2.45, 2.75) is 6.18 Å². The van der Waals surface area contributed by atoms with Gasteiger partial charge in [-0.2, -0.15) is 13.2 Å². The van der Waals surface area contributed by atoms with Crippen LogP contribution >= 0.6 is 24.0 Å². The summed E-state index contributed by atoms with van der Waals surface area (Å²) < 4.78 is 44.9. The lowest BCUT2D eigenvalue weighted by Gasteiger charge is -2.16. The average molecular weight is 515 g/mol. The van der Waals surface area contributed by atoms with E-state index in [0.29, 0.717) is 17.0 Å². The maximum absolute atomic E-state index is 13.1. The number of carbonyl (C=O) groups excluding carboxylic acids is 2. The highest BCUT2D eigenvalue weighted by Crippen LogP contribution is 2.38. The number of benzene rings is 3. The molecular weight excluding hydrogens is 497 g/mol. The molecule has 4 rings (SSSR count). The van der Waals surface area contributed by atoms with E-state index in [4.69, 9.17) is 17.0 Å². The summed E-state index contributed by atoms with van der Waals surface area (Å²) in [6.45, 7) is -0.212. The normalized spacial score (nSPS) is 14.9. The predicted octanol–water partition coefficient (Wildman–Crippen LogP) is 6.13. The Hall–Kier alpha value is -3.63. The zero-order valence-electron chi connectivity index (χ0n) is 17.9. The smallest absolute Gasteiger partial charge is 0.416 e. The Morgan fingerprint density at radius 3 is 2.51 bits per heavy atom. The Labute approximate surface area is 208 Å². The van der Waals surface area contributed by atoms with Gasteiger partial charge in [0, 0.05) is 5.69 Å². The SMILES string of the molecule is O=C(COc1cccc(/C=C2\SC(=S)N(c3cccc(C(F)(F)F)c3)C2=O)c1)Nc1ccccc1. The van der Waals surface area contributed by atoms with Crippen molar-refractivity contribution in [2.75, 3.05) is 16.8 Å². The van der Waals surface area contributed by atoms with Crippen LogP contribution in [0.1, 0.15) is 11.1 Å². The molecule has 0 spiro atoms. The number of rotatable bonds is 6. The number of nitrogens with zero attached hydrogens (tertiary/aromatic N) is 1. The van der Waals surface area contributed by atoms with Crippen LogP contribution in [-0.2, 0) is 15.8 Å². The van der Waals surface area contributed by atoms with Gasteiger partial charge in [0.25, 0.3) is 11.8 Å². The van der Waals surface area contributed by atoms with Crippen LogP contribution in [0.3, 0.4) is 0 Å². The van der Waals surface area contributed by atoms with Crippen LogP contribution in [0.5, 0.6) is 5.75 Å². The van der Waals surface area contributed by atoms with Gasteiger partial charge in [-0.1, -0.05) is 60.4 Å². The summed E-state index contributed by atoms with van der Waals surface area (Å²) in [6, 6.07) is 20.2. The zero-order chi connectivity index (χ0) is 25.0. The second kappa shape index (κ2) is 10.3. The van der Waals surface area contributed by atoms with Gasteiger partial charge in [-0.25, -0.2) is 0 Å². The minimum Gasteiger partial charge on any atom is -0.484 e. The Morgan fingerprint density at radius 1 is 1.03 bits per heavy atom. The van der Waals surface area contributed by atoms with Gasteiger partial charge in [0.15, 0.2) is 10.9 Å². The molecule has 1 aliphatic rings. The van der Waals surface area contributed by atoms with Crippen molar-refractivity contribution >= 4 is 57.6 Å². The quantitative estimate of drug-likeness (QED) is 0.317. The lowest BCUT2D eigenvalue weighted by atomic mass is 10.1. The van der Waals surface area contributed by atoms with E-state index in [0.717, 1.165) is 28.8 Å². The molecule has 2 amide bonds. The van der Waals surface area contributed by atoms with E-state index in [1.807, 2.05) is 6.07 Å². The molecule has 0 saturated carbocycles.